The molecule has 0 bridgehead atoms. The fourth-order valence-corrected chi connectivity index (χ4v) is 4.68. The van der Waals surface area contributed by atoms with E-state index in [2.05, 4.69) is 10.5 Å². The highest BCUT2D eigenvalue weighted by molar-refractivity contribution is 7.89. The van der Waals surface area contributed by atoms with Crippen LogP contribution in [0.3, 0.4) is 0 Å². The zero-order valence-electron chi connectivity index (χ0n) is 19.3. The Morgan fingerprint density at radius 1 is 1.19 bits per heavy atom. The summed E-state index contributed by atoms with van der Waals surface area (Å²) in [6, 6.07) is 4.86. The largest absolute Gasteiger partial charge is 0.459 e. The van der Waals surface area contributed by atoms with Gasteiger partial charge in [-0.25, -0.2) is 13.2 Å². The predicted octanol–water partition coefficient (Wildman–Crippen LogP) is 2.82. The molecule has 1 unspecified atom stereocenters. The molecule has 1 amide bonds. The lowest BCUT2D eigenvalue weighted by Gasteiger charge is -2.21. The van der Waals surface area contributed by atoms with E-state index >= 15 is 0 Å². The maximum absolute atomic E-state index is 12.8. The molecule has 0 aliphatic rings. The van der Waals surface area contributed by atoms with Crippen LogP contribution in [0.15, 0.2) is 33.7 Å². The summed E-state index contributed by atoms with van der Waals surface area (Å²) in [7, 11) is -3.71. The quantitative estimate of drug-likeness (QED) is 0.536. The molecule has 1 N–H and O–H groups in total. The first-order valence-corrected chi connectivity index (χ1v) is 12.0. The van der Waals surface area contributed by atoms with Crippen molar-refractivity contribution in [2.45, 2.75) is 59.1 Å². The second-order valence-electron chi connectivity index (χ2n) is 7.72. The van der Waals surface area contributed by atoms with Gasteiger partial charge in [0.25, 0.3) is 5.91 Å². The summed E-state index contributed by atoms with van der Waals surface area (Å²) in [5.41, 5.74) is 1.45. The Labute approximate surface area is 189 Å². The number of esters is 1. The van der Waals surface area contributed by atoms with Gasteiger partial charge in [-0.3, -0.25) is 4.79 Å². The molecule has 0 aliphatic heterocycles. The Balaban J connectivity index is 2.17. The molecule has 1 atom stereocenters. The van der Waals surface area contributed by atoms with Crippen molar-refractivity contribution in [1.82, 2.24) is 14.8 Å². The maximum Gasteiger partial charge on any atom is 0.329 e. The van der Waals surface area contributed by atoms with Crippen LogP contribution < -0.4 is 5.32 Å². The molecule has 2 aromatic rings. The van der Waals surface area contributed by atoms with E-state index in [1.807, 2.05) is 0 Å². The molecule has 1 aromatic carbocycles. The van der Waals surface area contributed by atoms with Crippen LogP contribution in [0.4, 0.5) is 0 Å². The zero-order chi connectivity index (χ0) is 24.1. The van der Waals surface area contributed by atoms with Crippen molar-refractivity contribution in [3.05, 3.63) is 46.8 Å². The molecular weight excluding hydrogens is 434 g/mol. The van der Waals surface area contributed by atoms with E-state index in [0.717, 1.165) is 0 Å². The van der Waals surface area contributed by atoms with Crippen molar-refractivity contribution in [2.75, 3.05) is 13.1 Å². The Bertz CT molecular complexity index is 1040. The molecule has 10 heteroatoms. The van der Waals surface area contributed by atoms with E-state index in [0.29, 0.717) is 30.1 Å². The van der Waals surface area contributed by atoms with Crippen molar-refractivity contribution in [3.63, 3.8) is 0 Å². The summed E-state index contributed by atoms with van der Waals surface area (Å²) in [6.07, 6.45) is 0. The number of benzene rings is 1. The molecule has 0 saturated heterocycles. The van der Waals surface area contributed by atoms with Crippen LogP contribution in [-0.4, -0.2) is 48.9 Å². The van der Waals surface area contributed by atoms with Crippen molar-refractivity contribution >= 4 is 21.9 Å². The highest BCUT2D eigenvalue weighted by atomic mass is 32.2. The van der Waals surface area contributed by atoms with Gasteiger partial charge in [0.15, 0.2) is 0 Å². The first kappa shape index (κ1) is 25.5. The molecule has 0 saturated carbocycles. The average Bonchev–Trinajstić information content (AvgIpc) is 3.07. The van der Waals surface area contributed by atoms with Crippen molar-refractivity contribution < 1.29 is 27.3 Å². The molecule has 1 heterocycles. The minimum absolute atomic E-state index is 0.0172. The number of ether oxygens (including phenoxy) is 1. The lowest BCUT2D eigenvalue weighted by atomic mass is 10.0. The number of hydrogen-bond donors (Lipinski definition) is 1. The van der Waals surface area contributed by atoms with Crippen LogP contribution in [0.1, 0.15) is 55.1 Å². The van der Waals surface area contributed by atoms with Crippen molar-refractivity contribution in [2.24, 2.45) is 5.92 Å². The number of hydrogen-bond acceptors (Lipinski definition) is 7. The van der Waals surface area contributed by atoms with Gasteiger partial charge in [0.2, 0.25) is 10.0 Å². The van der Waals surface area contributed by atoms with E-state index in [1.165, 1.54) is 28.6 Å². The minimum atomic E-state index is -3.71. The van der Waals surface area contributed by atoms with Gasteiger partial charge in [-0.1, -0.05) is 38.9 Å². The summed E-state index contributed by atoms with van der Waals surface area (Å²) < 4.78 is 37.3. The molecule has 0 radical (unpaired) electrons. The van der Waals surface area contributed by atoms with Crippen molar-refractivity contribution in [3.8, 4) is 0 Å². The number of aromatic nitrogens is 1. The van der Waals surface area contributed by atoms with Crippen LogP contribution in [0, 0.1) is 19.8 Å². The Morgan fingerprint density at radius 3 is 2.38 bits per heavy atom. The molecule has 176 valence electrons. The van der Waals surface area contributed by atoms with E-state index in [-0.39, 0.29) is 23.0 Å². The predicted molar refractivity (Wildman–Crippen MR) is 118 cm³/mol. The Hall–Kier alpha value is -2.72. The molecule has 0 spiro atoms. The van der Waals surface area contributed by atoms with E-state index in [1.54, 1.807) is 41.5 Å². The fraction of sp³-hybridized carbons (Fsp3) is 0.500. The Kier molecular flexibility index (Phi) is 8.57. The second-order valence-corrected chi connectivity index (χ2v) is 9.66. The summed E-state index contributed by atoms with van der Waals surface area (Å²) in [5.74, 6) is -0.847. The molecule has 1 aromatic heterocycles. The number of amides is 1. The van der Waals surface area contributed by atoms with Crippen LogP contribution in [-0.2, 0) is 26.2 Å². The maximum atomic E-state index is 12.8. The molecular formula is C22H31N3O6S. The van der Waals surface area contributed by atoms with Crippen LogP contribution in [0.2, 0.25) is 0 Å². The summed E-state index contributed by atoms with van der Waals surface area (Å²) >= 11 is 0. The lowest BCUT2D eigenvalue weighted by Crippen LogP contribution is -2.45. The van der Waals surface area contributed by atoms with Gasteiger partial charge in [-0.2, -0.15) is 4.31 Å². The van der Waals surface area contributed by atoms with E-state index in [9.17, 15) is 18.0 Å². The topological polar surface area (TPSA) is 119 Å². The lowest BCUT2D eigenvalue weighted by molar-refractivity contribution is -0.148. The van der Waals surface area contributed by atoms with Gasteiger partial charge >= 0.3 is 5.97 Å². The molecule has 0 aliphatic carbocycles. The van der Waals surface area contributed by atoms with Gasteiger partial charge in [0, 0.05) is 18.7 Å². The highest BCUT2D eigenvalue weighted by Crippen LogP contribution is 2.18. The summed E-state index contributed by atoms with van der Waals surface area (Å²) in [4.78, 5) is 25.5. The average molecular weight is 466 g/mol. The molecule has 32 heavy (non-hydrogen) atoms. The second kappa shape index (κ2) is 10.7. The third-order valence-electron chi connectivity index (χ3n) is 5.19. The van der Waals surface area contributed by atoms with Crippen LogP contribution >= 0.6 is 0 Å². The van der Waals surface area contributed by atoms with Crippen molar-refractivity contribution in [1.29, 1.82) is 0 Å². The first-order chi connectivity index (χ1) is 15.0. The summed E-state index contributed by atoms with van der Waals surface area (Å²) in [6.45, 7) is 11.2. The van der Waals surface area contributed by atoms with Gasteiger partial charge in [-0.15, -0.1) is 0 Å². The number of carbonyl (C=O) groups excluding carboxylic acids is 2. The SMILES string of the molecule is CCN(CC)S(=O)(=O)c1cccc(C(=O)NC(C(=O)OCc2c(C)noc2C)C(C)C)c1. The minimum Gasteiger partial charge on any atom is -0.459 e. The number of aryl methyl sites for hydroxylation is 2. The number of rotatable bonds is 10. The monoisotopic (exact) mass is 465 g/mol. The number of nitrogens with zero attached hydrogens (tertiary/aromatic N) is 2. The van der Waals surface area contributed by atoms with Crippen LogP contribution in [0.25, 0.3) is 0 Å². The first-order valence-electron chi connectivity index (χ1n) is 10.5. The third-order valence-corrected chi connectivity index (χ3v) is 7.23. The van der Waals surface area contributed by atoms with Gasteiger partial charge in [0.05, 0.1) is 16.2 Å². The smallest absolute Gasteiger partial charge is 0.329 e. The van der Waals surface area contributed by atoms with Gasteiger partial charge in [-0.05, 0) is 38.0 Å². The van der Waals surface area contributed by atoms with E-state index in [4.69, 9.17) is 9.26 Å². The highest BCUT2D eigenvalue weighted by Gasteiger charge is 2.28. The van der Waals surface area contributed by atoms with Gasteiger partial charge < -0.3 is 14.6 Å². The molecule has 0 fully saturated rings. The van der Waals surface area contributed by atoms with Gasteiger partial charge in [0.1, 0.15) is 18.4 Å². The van der Waals surface area contributed by atoms with Crippen LogP contribution in [0.5, 0.6) is 0 Å². The number of carbonyl (C=O) groups is 2. The van der Waals surface area contributed by atoms with E-state index < -0.39 is 27.9 Å². The normalized spacial score (nSPS) is 12.8. The molecule has 2 rings (SSSR count). The Morgan fingerprint density at radius 2 is 1.84 bits per heavy atom. The third kappa shape index (κ3) is 5.74. The molecule has 9 nitrogen and oxygen atoms in total. The number of sulfonamides is 1. The standard InChI is InChI=1S/C22H31N3O6S/c1-7-25(8-2)32(28,29)18-11-9-10-17(12-18)21(26)23-20(14(3)4)22(27)30-13-19-15(5)24-31-16(19)6/h9-12,14,20H,7-8,13H2,1-6H3,(H,23,26). The summed E-state index contributed by atoms with van der Waals surface area (Å²) in [5, 5.41) is 6.49. The zero-order valence-corrected chi connectivity index (χ0v) is 20.2. The fourth-order valence-electron chi connectivity index (χ4n) is 3.17. The number of nitrogens with one attached hydrogen (secondary N) is 1.